The van der Waals surface area contributed by atoms with Gasteiger partial charge in [0.2, 0.25) is 0 Å². The van der Waals surface area contributed by atoms with Crippen LogP contribution in [0.25, 0.3) is 0 Å². The minimum atomic E-state index is -3.26. The highest BCUT2D eigenvalue weighted by Crippen LogP contribution is 2.26. The SMILES string of the molecule is CCCCCCCC(CCCCCC)S(=O)(=O)c1ccc(OC)cc1. The van der Waals surface area contributed by atoms with Gasteiger partial charge in [-0.2, -0.15) is 0 Å². The van der Waals surface area contributed by atoms with E-state index in [1.807, 2.05) is 0 Å². The lowest BCUT2D eigenvalue weighted by Gasteiger charge is -2.18. The highest BCUT2D eigenvalue weighted by Gasteiger charge is 2.26. The Morgan fingerprint density at radius 2 is 1.28 bits per heavy atom. The van der Waals surface area contributed by atoms with Gasteiger partial charge >= 0.3 is 0 Å². The van der Waals surface area contributed by atoms with E-state index in [1.165, 1.54) is 32.1 Å². The zero-order chi connectivity index (χ0) is 18.5. The molecule has 0 amide bonds. The third-order valence-electron chi connectivity index (χ3n) is 4.84. The topological polar surface area (TPSA) is 43.4 Å². The van der Waals surface area contributed by atoms with E-state index >= 15 is 0 Å². The molecule has 0 aliphatic heterocycles. The van der Waals surface area contributed by atoms with Crippen LogP contribution in [0.15, 0.2) is 29.2 Å². The van der Waals surface area contributed by atoms with E-state index in [2.05, 4.69) is 13.8 Å². The van der Waals surface area contributed by atoms with Crippen molar-refractivity contribution >= 4 is 9.84 Å². The number of hydrogen-bond acceptors (Lipinski definition) is 3. The molecule has 1 aromatic rings. The first-order valence-corrected chi connectivity index (χ1v) is 11.5. The Morgan fingerprint density at radius 3 is 1.76 bits per heavy atom. The molecule has 0 aliphatic rings. The summed E-state index contributed by atoms with van der Waals surface area (Å²) >= 11 is 0. The normalized spacial score (nSPS) is 12.9. The number of methoxy groups -OCH3 is 1. The average molecular weight is 369 g/mol. The van der Waals surface area contributed by atoms with Crippen LogP contribution in [0.5, 0.6) is 5.75 Å². The fourth-order valence-corrected chi connectivity index (χ4v) is 5.04. The number of unbranched alkanes of at least 4 members (excludes halogenated alkanes) is 7. The molecule has 0 aromatic heterocycles. The molecule has 0 saturated heterocycles. The standard InChI is InChI=1S/C21H36O3S/c1-4-6-8-10-12-14-20(13-11-9-7-5-2)25(22,23)21-17-15-19(24-3)16-18-21/h15-18,20H,4-14H2,1-3H3. The van der Waals surface area contributed by atoms with Gasteiger partial charge in [-0.15, -0.1) is 0 Å². The molecule has 144 valence electrons. The predicted octanol–water partition coefficient (Wildman–Crippen LogP) is 6.17. The molecule has 0 heterocycles. The minimum Gasteiger partial charge on any atom is -0.497 e. The van der Waals surface area contributed by atoms with Gasteiger partial charge in [-0.3, -0.25) is 0 Å². The van der Waals surface area contributed by atoms with Crippen molar-refractivity contribution < 1.29 is 13.2 Å². The van der Waals surface area contributed by atoms with Gasteiger partial charge in [0.15, 0.2) is 9.84 Å². The largest absolute Gasteiger partial charge is 0.497 e. The van der Waals surface area contributed by atoms with Crippen molar-refractivity contribution in [1.82, 2.24) is 0 Å². The fourth-order valence-electron chi connectivity index (χ4n) is 3.19. The van der Waals surface area contributed by atoms with Gasteiger partial charge in [-0.25, -0.2) is 8.42 Å². The zero-order valence-corrected chi connectivity index (χ0v) is 17.1. The van der Waals surface area contributed by atoms with Gasteiger partial charge in [-0.1, -0.05) is 71.6 Å². The van der Waals surface area contributed by atoms with Crippen molar-refractivity contribution in [3.05, 3.63) is 24.3 Å². The van der Waals surface area contributed by atoms with Crippen LogP contribution >= 0.6 is 0 Å². The third kappa shape index (κ3) is 7.81. The Balaban J connectivity index is 2.75. The lowest BCUT2D eigenvalue weighted by molar-refractivity contribution is 0.414. The molecule has 0 radical (unpaired) electrons. The first-order valence-electron chi connectivity index (χ1n) is 9.94. The Morgan fingerprint density at radius 1 is 0.800 bits per heavy atom. The molecule has 1 unspecified atom stereocenters. The maximum atomic E-state index is 13.1. The molecule has 25 heavy (non-hydrogen) atoms. The molecule has 0 spiro atoms. The van der Waals surface area contributed by atoms with Crippen molar-refractivity contribution in [3.8, 4) is 5.75 Å². The summed E-state index contributed by atoms with van der Waals surface area (Å²) in [6.45, 7) is 4.38. The van der Waals surface area contributed by atoms with Crippen molar-refractivity contribution in [1.29, 1.82) is 0 Å². The van der Waals surface area contributed by atoms with E-state index in [-0.39, 0.29) is 5.25 Å². The second-order valence-corrected chi connectivity index (χ2v) is 9.12. The van der Waals surface area contributed by atoms with Crippen molar-refractivity contribution in [2.75, 3.05) is 7.11 Å². The average Bonchev–Trinajstić information content (AvgIpc) is 2.63. The summed E-state index contributed by atoms with van der Waals surface area (Å²) in [5, 5.41) is -0.251. The zero-order valence-electron chi connectivity index (χ0n) is 16.3. The molecule has 0 aliphatic carbocycles. The highest BCUT2D eigenvalue weighted by molar-refractivity contribution is 7.92. The Hall–Kier alpha value is -1.03. The molecular formula is C21H36O3S. The Labute approximate surface area is 155 Å². The fraction of sp³-hybridized carbons (Fsp3) is 0.714. The number of rotatable bonds is 14. The Kier molecular flexibility index (Phi) is 10.9. The first kappa shape index (κ1) is 22.0. The molecule has 1 aromatic carbocycles. The molecule has 0 saturated carbocycles. The van der Waals surface area contributed by atoms with Crippen LogP contribution in [0.4, 0.5) is 0 Å². The molecular weight excluding hydrogens is 332 g/mol. The molecule has 0 fully saturated rings. The predicted molar refractivity (Wildman–Crippen MR) is 106 cm³/mol. The summed E-state index contributed by atoms with van der Waals surface area (Å²) in [6, 6.07) is 6.85. The third-order valence-corrected chi connectivity index (χ3v) is 7.11. The van der Waals surface area contributed by atoms with Crippen molar-refractivity contribution in [2.24, 2.45) is 0 Å². The van der Waals surface area contributed by atoms with Gasteiger partial charge < -0.3 is 4.74 Å². The number of benzene rings is 1. The molecule has 4 heteroatoms. The second kappa shape index (κ2) is 12.3. The highest BCUT2D eigenvalue weighted by atomic mass is 32.2. The molecule has 0 bridgehead atoms. The van der Waals surface area contributed by atoms with E-state index < -0.39 is 9.84 Å². The lowest BCUT2D eigenvalue weighted by atomic mass is 10.0. The summed E-state index contributed by atoms with van der Waals surface area (Å²) in [6.07, 6.45) is 11.9. The van der Waals surface area contributed by atoms with E-state index in [4.69, 9.17) is 4.74 Å². The van der Waals surface area contributed by atoms with Crippen LogP contribution in [0.1, 0.15) is 84.5 Å². The minimum absolute atomic E-state index is 0.251. The van der Waals surface area contributed by atoms with Crippen LogP contribution in [-0.2, 0) is 9.84 Å². The van der Waals surface area contributed by atoms with Crippen LogP contribution < -0.4 is 4.74 Å². The lowest BCUT2D eigenvalue weighted by Crippen LogP contribution is -2.21. The van der Waals surface area contributed by atoms with Crippen LogP contribution in [0.2, 0.25) is 0 Å². The maximum absolute atomic E-state index is 13.1. The smallest absolute Gasteiger partial charge is 0.181 e. The monoisotopic (exact) mass is 368 g/mol. The van der Waals surface area contributed by atoms with E-state index in [0.29, 0.717) is 10.6 Å². The van der Waals surface area contributed by atoms with E-state index in [9.17, 15) is 8.42 Å². The summed E-state index contributed by atoms with van der Waals surface area (Å²) in [5.74, 6) is 0.693. The van der Waals surface area contributed by atoms with Gasteiger partial charge in [0.1, 0.15) is 5.75 Å². The van der Waals surface area contributed by atoms with Crippen LogP contribution in [0.3, 0.4) is 0 Å². The summed E-state index contributed by atoms with van der Waals surface area (Å²) in [4.78, 5) is 0.433. The quantitative estimate of drug-likeness (QED) is 0.369. The van der Waals surface area contributed by atoms with Gasteiger partial charge in [-0.05, 0) is 37.1 Å². The van der Waals surface area contributed by atoms with Gasteiger partial charge in [0.05, 0.1) is 17.3 Å². The van der Waals surface area contributed by atoms with E-state index in [0.717, 1.165) is 38.5 Å². The number of hydrogen-bond donors (Lipinski definition) is 0. The van der Waals surface area contributed by atoms with Crippen molar-refractivity contribution in [3.63, 3.8) is 0 Å². The first-order chi connectivity index (χ1) is 12.1. The van der Waals surface area contributed by atoms with Gasteiger partial charge in [0.25, 0.3) is 0 Å². The van der Waals surface area contributed by atoms with Crippen molar-refractivity contribution in [2.45, 2.75) is 94.6 Å². The molecule has 1 atom stereocenters. The molecule has 0 N–H and O–H groups in total. The maximum Gasteiger partial charge on any atom is 0.181 e. The van der Waals surface area contributed by atoms with Crippen LogP contribution in [-0.4, -0.2) is 20.8 Å². The van der Waals surface area contributed by atoms with Gasteiger partial charge in [0, 0.05) is 0 Å². The summed E-state index contributed by atoms with van der Waals surface area (Å²) < 4.78 is 31.3. The number of ether oxygens (including phenoxy) is 1. The molecule has 1 rings (SSSR count). The van der Waals surface area contributed by atoms with E-state index in [1.54, 1.807) is 31.4 Å². The summed E-state index contributed by atoms with van der Waals surface area (Å²) in [7, 11) is -1.67. The van der Waals surface area contributed by atoms with Crippen LogP contribution in [0, 0.1) is 0 Å². The second-order valence-electron chi connectivity index (χ2n) is 6.89. The summed E-state index contributed by atoms with van der Waals surface area (Å²) in [5.41, 5.74) is 0. The Bertz CT molecular complexity index is 549. The molecule has 3 nitrogen and oxygen atoms in total. The number of sulfone groups is 1.